The second kappa shape index (κ2) is 8.95. The van der Waals surface area contributed by atoms with E-state index in [2.05, 4.69) is 5.16 Å². The van der Waals surface area contributed by atoms with Crippen LogP contribution in [-0.4, -0.2) is 22.0 Å². The minimum absolute atomic E-state index is 0.0311. The van der Waals surface area contributed by atoms with E-state index < -0.39 is 17.7 Å². The van der Waals surface area contributed by atoms with Gasteiger partial charge in [0, 0.05) is 11.6 Å². The number of carbonyl (C=O) groups excluding carboxylic acids is 2. The number of carbonyl (C=O) groups is 2. The standard InChI is InChI=1S/C28H22N2O5/c1-17-11-13-19(14-12-17)26(31)24-25(30(28(33)27(24)32)23-15-18(2)35-29-23)20-7-6-10-22(16-20)34-21-8-4-3-5-9-21/h3-16,25,31H,1-2H3/t25-/m1/s1. The minimum atomic E-state index is -0.930. The number of hydrogen-bond acceptors (Lipinski definition) is 6. The van der Waals surface area contributed by atoms with Gasteiger partial charge in [0.25, 0.3) is 5.78 Å². The van der Waals surface area contributed by atoms with Crippen LogP contribution in [0.1, 0.15) is 28.5 Å². The van der Waals surface area contributed by atoms with E-state index in [4.69, 9.17) is 9.26 Å². The maximum atomic E-state index is 13.2. The Morgan fingerprint density at radius 3 is 2.31 bits per heavy atom. The first-order valence-corrected chi connectivity index (χ1v) is 11.1. The summed E-state index contributed by atoms with van der Waals surface area (Å²) in [6.45, 7) is 3.62. The van der Waals surface area contributed by atoms with E-state index in [1.807, 2.05) is 49.4 Å². The Morgan fingerprint density at radius 1 is 0.914 bits per heavy atom. The maximum Gasteiger partial charge on any atom is 0.301 e. The molecule has 3 aromatic carbocycles. The van der Waals surface area contributed by atoms with Crippen molar-refractivity contribution in [3.05, 3.63) is 113 Å². The van der Waals surface area contributed by atoms with Gasteiger partial charge in [-0.05, 0) is 43.7 Å². The number of rotatable bonds is 5. The third kappa shape index (κ3) is 4.19. The van der Waals surface area contributed by atoms with Crippen molar-refractivity contribution in [2.45, 2.75) is 19.9 Å². The van der Waals surface area contributed by atoms with Crippen molar-refractivity contribution in [1.82, 2.24) is 5.16 Å². The molecule has 5 rings (SSSR count). The summed E-state index contributed by atoms with van der Waals surface area (Å²) < 4.78 is 11.2. The summed E-state index contributed by atoms with van der Waals surface area (Å²) >= 11 is 0. The predicted molar refractivity (Wildman–Crippen MR) is 130 cm³/mol. The fourth-order valence-corrected chi connectivity index (χ4v) is 4.09. The van der Waals surface area contributed by atoms with Crippen molar-refractivity contribution in [2.24, 2.45) is 0 Å². The molecule has 35 heavy (non-hydrogen) atoms. The number of aryl methyl sites for hydroxylation is 2. The van der Waals surface area contributed by atoms with Crippen molar-refractivity contribution in [3.8, 4) is 11.5 Å². The SMILES string of the molecule is Cc1ccc(C(O)=C2C(=O)C(=O)N(c3cc(C)on3)[C@@H]2c2cccc(Oc3ccccc3)c2)cc1. The fraction of sp³-hybridized carbons (Fsp3) is 0.107. The molecular weight excluding hydrogens is 444 g/mol. The summed E-state index contributed by atoms with van der Waals surface area (Å²) in [6.07, 6.45) is 0. The Morgan fingerprint density at radius 2 is 1.63 bits per heavy atom. The van der Waals surface area contributed by atoms with Crippen LogP contribution in [0.5, 0.6) is 11.5 Å². The average molecular weight is 466 g/mol. The molecule has 7 nitrogen and oxygen atoms in total. The molecule has 0 radical (unpaired) electrons. The molecule has 1 atom stereocenters. The predicted octanol–water partition coefficient (Wildman–Crippen LogP) is 5.71. The van der Waals surface area contributed by atoms with Crippen molar-refractivity contribution in [2.75, 3.05) is 4.90 Å². The highest BCUT2D eigenvalue weighted by Crippen LogP contribution is 2.42. The zero-order valence-corrected chi connectivity index (χ0v) is 19.1. The number of para-hydroxylation sites is 1. The van der Waals surface area contributed by atoms with Gasteiger partial charge in [-0.25, -0.2) is 0 Å². The summed E-state index contributed by atoms with van der Waals surface area (Å²) in [5.74, 6) is -0.0244. The van der Waals surface area contributed by atoms with E-state index in [0.29, 0.717) is 28.4 Å². The second-order valence-electron chi connectivity index (χ2n) is 8.32. The number of benzene rings is 3. The van der Waals surface area contributed by atoms with Gasteiger partial charge in [-0.3, -0.25) is 14.5 Å². The van der Waals surface area contributed by atoms with Crippen LogP contribution in [0.15, 0.2) is 95.0 Å². The lowest BCUT2D eigenvalue weighted by molar-refractivity contribution is -0.132. The highest BCUT2D eigenvalue weighted by molar-refractivity contribution is 6.51. The zero-order chi connectivity index (χ0) is 24.5. The number of anilines is 1. The molecule has 0 bridgehead atoms. The molecule has 1 amide bonds. The molecule has 1 aromatic heterocycles. The Labute approximate surface area is 201 Å². The summed E-state index contributed by atoms with van der Waals surface area (Å²) in [5, 5.41) is 15.2. The number of ether oxygens (including phenoxy) is 1. The smallest absolute Gasteiger partial charge is 0.301 e. The highest BCUT2D eigenvalue weighted by Gasteiger charge is 2.48. The largest absolute Gasteiger partial charge is 0.507 e. The quantitative estimate of drug-likeness (QED) is 0.230. The van der Waals surface area contributed by atoms with E-state index in [1.165, 1.54) is 4.90 Å². The normalized spacial score (nSPS) is 17.1. The number of amides is 1. The third-order valence-electron chi connectivity index (χ3n) is 5.78. The van der Waals surface area contributed by atoms with Gasteiger partial charge in [0.2, 0.25) is 0 Å². The Bertz CT molecular complexity index is 1440. The van der Waals surface area contributed by atoms with Gasteiger partial charge in [-0.15, -0.1) is 0 Å². The van der Waals surface area contributed by atoms with Crippen LogP contribution in [0.4, 0.5) is 5.82 Å². The molecule has 0 aliphatic carbocycles. The maximum absolute atomic E-state index is 13.2. The molecule has 0 spiro atoms. The van der Waals surface area contributed by atoms with Gasteiger partial charge in [-0.2, -0.15) is 0 Å². The van der Waals surface area contributed by atoms with Crippen molar-refractivity contribution < 1.29 is 24.0 Å². The average Bonchev–Trinajstić information content (AvgIpc) is 3.40. The summed E-state index contributed by atoms with van der Waals surface area (Å²) in [6, 6.07) is 24.1. The van der Waals surface area contributed by atoms with Crippen LogP contribution in [-0.2, 0) is 9.59 Å². The molecule has 1 saturated heterocycles. The van der Waals surface area contributed by atoms with Gasteiger partial charge in [-0.1, -0.05) is 65.3 Å². The van der Waals surface area contributed by atoms with E-state index >= 15 is 0 Å². The third-order valence-corrected chi connectivity index (χ3v) is 5.78. The van der Waals surface area contributed by atoms with E-state index in [1.54, 1.807) is 49.4 Å². The zero-order valence-electron chi connectivity index (χ0n) is 19.1. The van der Waals surface area contributed by atoms with Gasteiger partial charge in [0.05, 0.1) is 11.6 Å². The first-order valence-electron chi connectivity index (χ1n) is 11.1. The molecule has 4 aromatic rings. The molecule has 1 N–H and O–H groups in total. The number of aliphatic hydroxyl groups excluding tert-OH is 1. The van der Waals surface area contributed by atoms with E-state index in [0.717, 1.165) is 5.56 Å². The molecule has 174 valence electrons. The topological polar surface area (TPSA) is 92.9 Å². The number of nitrogens with zero attached hydrogens (tertiary/aromatic N) is 2. The Hall–Kier alpha value is -4.65. The number of hydrogen-bond donors (Lipinski definition) is 1. The molecule has 0 unspecified atom stereocenters. The number of Topliss-reactive ketones (excluding diaryl/α,β-unsaturated/α-hetero) is 1. The van der Waals surface area contributed by atoms with E-state index in [9.17, 15) is 14.7 Å². The lowest BCUT2D eigenvalue weighted by atomic mass is 9.95. The lowest BCUT2D eigenvalue weighted by Crippen LogP contribution is -2.29. The number of aromatic nitrogens is 1. The molecule has 7 heteroatoms. The van der Waals surface area contributed by atoms with Gasteiger partial charge >= 0.3 is 5.91 Å². The van der Waals surface area contributed by atoms with Gasteiger partial charge < -0.3 is 14.4 Å². The Balaban J connectivity index is 1.65. The second-order valence-corrected chi connectivity index (χ2v) is 8.32. The molecule has 1 aliphatic heterocycles. The van der Waals surface area contributed by atoms with Crippen LogP contribution in [0.3, 0.4) is 0 Å². The van der Waals surface area contributed by atoms with Gasteiger partial charge in [0.1, 0.15) is 23.0 Å². The Kier molecular flexibility index (Phi) is 5.66. The monoisotopic (exact) mass is 466 g/mol. The summed E-state index contributed by atoms with van der Waals surface area (Å²) in [4.78, 5) is 27.7. The van der Waals surface area contributed by atoms with Crippen LogP contribution in [0.2, 0.25) is 0 Å². The molecule has 2 heterocycles. The molecular formula is C28H22N2O5. The highest BCUT2D eigenvalue weighted by atomic mass is 16.5. The van der Waals surface area contributed by atoms with Crippen molar-refractivity contribution in [3.63, 3.8) is 0 Å². The van der Waals surface area contributed by atoms with Gasteiger partial charge in [0.15, 0.2) is 5.82 Å². The fourth-order valence-electron chi connectivity index (χ4n) is 4.09. The van der Waals surface area contributed by atoms with Crippen LogP contribution in [0, 0.1) is 13.8 Å². The van der Waals surface area contributed by atoms with Crippen molar-refractivity contribution >= 4 is 23.3 Å². The van der Waals surface area contributed by atoms with E-state index in [-0.39, 0.29) is 17.2 Å². The summed E-state index contributed by atoms with van der Waals surface area (Å²) in [5.41, 5.74) is 1.98. The number of ketones is 1. The molecule has 1 fully saturated rings. The van der Waals surface area contributed by atoms with Crippen LogP contribution < -0.4 is 9.64 Å². The first kappa shape index (κ1) is 22.2. The molecule has 1 aliphatic rings. The lowest BCUT2D eigenvalue weighted by Gasteiger charge is -2.23. The number of aliphatic hydroxyl groups is 1. The van der Waals surface area contributed by atoms with Crippen LogP contribution in [0.25, 0.3) is 5.76 Å². The first-order chi connectivity index (χ1) is 16.9. The minimum Gasteiger partial charge on any atom is -0.507 e. The molecule has 0 saturated carbocycles. The van der Waals surface area contributed by atoms with Crippen molar-refractivity contribution in [1.29, 1.82) is 0 Å². The summed E-state index contributed by atoms with van der Waals surface area (Å²) in [7, 11) is 0. The van der Waals surface area contributed by atoms with Crippen LogP contribution >= 0.6 is 0 Å².